The van der Waals surface area contributed by atoms with Crippen molar-refractivity contribution in [2.75, 3.05) is 0 Å². The second-order valence-corrected chi connectivity index (χ2v) is 8.70. The Labute approximate surface area is 159 Å². The van der Waals surface area contributed by atoms with Crippen LogP contribution in [0.2, 0.25) is 0 Å². The van der Waals surface area contributed by atoms with Crippen LogP contribution in [-0.2, 0) is 9.59 Å². The molecule has 1 saturated carbocycles. The summed E-state index contributed by atoms with van der Waals surface area (Å²) in [6, 6.07) is 0. The third-order valence-corrected chi connectivity index (χ3v) is 5.59. The third-order valence-electron chi connectivity index (χ3n) is 5.59. The van der Waals surface area contributed by atoms with Gasteiger partial charge in [0.1, 0.15) is 5.78 Å². The molecular weight excluding hydrogens is 328 g/mol. The van der Waals surface area contributed by atoms with Crippen molar-refractivity contribution in [1.82, 2.24) is 0 Å². The van der Waals surface area contributed by atoms with Gasteiger partial charge in [-0.25, -0.2) is 0 Å². The highest BCUT2D eigenvalue weighted by Gasteiger charge is 2.32. The van der Waals surface area contributed by atoms with E-state index >= 15 is 0 Å². The average Bonchev–Trinajstić information content (AvgIpc) is 2.89. The van der Waals surface area contributed by atoms with Crippen molar-refractivity contribution in [2.24, 2.45) is 17.3 Å². The fraction of sp³-hybridized carbons (Fsp3) is 0.818. The minimum absolute atomic E-state index is 0.0803. The van der Waals surface area contributed by atoms with Crippen LogP contribution in [0.25, 0.3) is 0 Å². The van der Waals surface area contributed by atoms with Gasteiger partial charge in [-0.1, -0.05) is 65.0 Å². The second-order valence-electron chi connectivity index (χ2n) is 8.70. The fourth-order valence-corrected chi connectivity index (χ4v) is 3.98. The van der Waals surface area contributed by atoms with Crippen molar-refractivity contribution in [2.45, 2.75) is 97.5 Å². The summed E-state index contributed by atoms with van der Waals surface area (Å²) in [7, 11) is 0. The molecular formula is C22H38O4. The zero-order valence-corrected chi connectivity index (χ0v) is 16.9. The minimum Gasteiger partial charge on any atom is -0.481 e. The Morgan fingerprint density at radius 1 is 1.27 bits per heavy atom. The largest absolute Gasteiger partial charge is 0.481 e. The molecule has 0 aromatic heterocycles. The molecule has 1 aliphatic rings. The highest BCUT2D eigenvalue weighted by Crippen LogP contribution is 2.35. The molecule has 0 heterocycles. The maximum absolute atomic E-state index is 12.2. The molecule has 1 unspecified atom stereocenters. The van der Waals surface area contributed by atoms with E-state index in [0.29, 0.717) is 12.2 Å². The molecule has 3 atom stereocenters. The summed E-state index contributed by atoms with van der Waals surface area (Å²) in [6.07, 6.45) is 13.1. The molecule has 0 spiro atoms. The van der Waals surface area contributed by atoms with Crippen molar-refractivity contribution < 1.29 is 19.8 Å². The number of hydrogen-bond acceptors (Lipinski definition) is 3. The lowest BCUT2D eigenvalue weighted by Crippen LogP contribution is -2.17. The topological polar surface area (TPSA) is 74.6 Å². The molecule has 2 N–H and O–H groups in total. The van der Waals surface area contributed by atoms with Gasteiger partial charge in [0.15, 0.2) is 0 Å². The summed E-state index contributed by atoms with van der Waals surface area (Å²) in [6.45, 7) is 6.14. The van der Waals surface area contributed by atoms with Crippen LogP contribution in [0.1, 0.15) is 91.4 Å². The number of hydrogen-bond donors (Lipinski definition) is 2. The highest BCUT2D eigenvalue weighted by molar-refractivity contribution is 5.83. The van der Waals surface area contributed by atoms with E-state index in [4.69, 9.17) is 5.11 Å². The van der Waals surface area contributed by atoms with Gasteiger partial charge in [0.2, 0.25) is 0 Å². The standard InChI is InChI=1S/C22H38O4/c1-4-5-6-9-18(23)13-11-17-12-14-20(24)19(17)10-7-8-15-22(2,3)16-21(25)26/h11,13,17-19,23H,4-10,12,14-16H2,1-3H3,(H,25,26)/t17-,18?,19+/m0/s1. The Hall–Kier alpha value is -1.16. The molecule has 1 aliphatic carbocycles. The molecule has 4 heteroatoms. The maximum Gasteiger partial charge on any atom is 0.303 e. The van der Waals surface area contributed by atoms with E-state index in [1.807, 2.05) is 19.9 Å². The van der Waals surface area contributed by atoms with E-state index in [0.717, 1.165) is 57.8 Å². The molecule has 150 valence electrons. The van der Waals surface area contributed by atoms with E-state index in [1.165, 1.54) is 0 Å². The van der Waals surface area contributed by atoms with E-state index < -0.39 is 12.1 Å². The number of carboxylic acids is 1. The van der Waals surface area contributed by atoms with Gasteiger partial charge < -0.3 is 10.2 Å². The van der Waals surface area contributed by atoms with Crippen LogP contribution in [0, 0.1) is 17.3 Å². The van der Waals surface area contributed by atoms with Gasteiger partial charge >= 0.3 is 5.97 Å². The van der Waals surface area contributed by atoms with Crippen LogP contribution < -0.4 is 0 Å². The van der Waals surface area contributed by atoms with Gasteiger partial charge in [0, 0.05) is 12.3 Å². The first-order valence-corrected chi connectivity index (χ1v) is 10.4. The highest BCUT2D eigenvalue weighted by atomic mass is 16.4. The maximum atomic E-state index is 12.2. The number of Topliss-reactive ketones (excluding diaryl/α,β-unsaturated/α-hetero) is 1. The van der Waals surface area contributed by atoms with Gasteiger partial charge in [-0.2, -0.15) is 0 Å². The Kier molecular flexibility index (Phi) is 10.1. The van der Waals surface area contributed by atoms with E-state index in [2.05, 4.69) is 13.0 Å². The zero-order chi connectivity index (χ0) is 19.6. The molecule has 0 aromatic carbocycles. The first-order valence-electron chi connectivity index (χ1n) is 10.4. The predicted molar refractivity (Wildman–Crippen MR) is 105 cm³/mol. The smallest absolute Gasteiger partial charge is 0.303 e. The van der Waals surface area contributed by atoms with Crippen LogP contribution in [0.15, 0.2) is 12.2 Å². The van der Waals surface area contributed by atoms with Gasteiger partial charge in [-0.05, 0) is 37.0 Å². The number of carbonyl (C=O) groups excluding carboxylic acids is 1. The molecule has 4 nitrogen and oxygen atoms in total. The lowest BCUT2D eigenvalue weighted by atomic mass is 9.82. The normalized spacial score (nSPS) is 22.2. The second kappa shape index (κ2) is 11.5. The summed E-state index contributed by atoms with van der Waals surface area (Å²) in [4.78, 5) is 23.1. The summed E-state index contributed by atoms with van der Waals surface area (Å²) >= 11 is 0. The van der Waals surface area contributed by atoms with Crippen molar-refractivity contribution in [1.29, 1.82) is 0 Å². The minimum atomic E-state index is -0.747. The quantitative estimate of drug-likeness (QED) is 0.349. The van der Waals surface area contributed by atoms with Crippen molar-refractivity contribution >= 4 is 11.8 Å². The number of aliphatic carboxylic acids is 1. The van der Waals surface area contributed by atoms with Gasteiger partial charge in [0.25, 0.3) is 0 Å². The molecule has 0 bridgehead atoms. The van der Waals surface area contributed by atoms with Gasteiger partial charge in [-0.3, -0.25) is 9.59 Å². The van der Waals surface area contributed by atoms with E-state index in [-0.39, 0.29) is 23.7 Å². The van der Waals surface area contributed by atoms with E-state index in [9.17, 15) is 14.7 Å². The Bertz CT molecular complexity index is 467. The molecule has 0 amide bonds. The number of rotatable bonds is 13. The first-order chi connectivity index (χ1) is 12.2. The molecule has 0 aromatic rings. The van der Waals surface area contributed by atoms with E-state index in [1.54, 1.807) is 0 Å². The number of carboxylic acid groups (broad SMARTS) is 1. The van der Waals surface area contributed by atoms with Crippen molar-refractivity contribution in [3.63, 3.8) is 0 Å². The molecule has 0 saturated heterocycles. The third kappa shape index (κ3) is 8.98. The average molecular weight is 367 g/mol. The number of unbranched alkanes of at least 4 members (excludes halogenated alkanes) is 3. The van der Waals surface area contributed by atoms with Crippen molar-refractivity contribution in [3.8, 4) is 0 Å². The van der Waals surface area contributed by atoms with Crippen LogP contribution >= 0.6 is 0 Å². The summed E-state index contributed by atoms with van der Waals surface area (Å²) in [5, 5.41) is 19.0. The zero-order valence-electron chi connectivity index (χ0n) is 16.9. The first kappa shape index (κ1) is 22.9. The molecule has 0 aliphatic heterocycles. The molecule has 1 rings (SSSR count). The monoisotopic (exact) mass is 366 g/mol. The van der Waals surface area contributed by atoms with Crippen LogP contribution in [0.4, 0.5) is 0 Å². The SMILES string of the molecule is CCCCCC(O)C=C[C@H]1CCC(=O)[C@@H]1CCCCC(C)(C)CC(=O)O. The summed E-state index contributed by atoms with van der Waals surface area (Å²) in [5.41, 5.74) is -0.187. The lowest BCUT2D eigenvalue weighted by Gasteiger charge is -2.22. The van der Waals surface area contributed by atoms with Crippen LogP contribution in [0.3, 0.4) is 0 Å². The number of ketones is 1. The summed E-state index contributed by atoms with van der Waals surface area (Å²) in [5.74, 6) is -0.0550. The van der Waals surface area contributed by atoms with Crippen LogP contribution in [0.5, 0.6) is 0 Å². The molecule has 1 fully saturated rings. The Morgan fingerprint density at radius 3 is 2.65 bits per heavy atom. The van der Waals surface area contributed by atoms with Gasteiger partial charge in [-0.15, -0.1) is 0 Å². The lowest BCUT2D eigenvalue weighted by molar-refractivity contribution is -0.139. The Balaban J connectivity index is 2.39. The van der Waals surface area contributed by atoms with Crippen molar-refractivity contribution in [3.05, 3.63) is 12.2 Å². The van der Waals surface area contributed by atoms with Gasteiger partial charge in [0.05, 0.1) is 12.5 Å². The van der Waals surface area contributed by atoms with Crippen LogP contribution in [-0.4, -0.2) is 28.1 Å². The number of aliphatic hydroxyl groups excluding tert-OH is 1. The predicted octanol–water partition coefficient (Wildman–Crippen LogP) is 5.14. The fourth-order valence-electron chi connectivity index (χ4n) is 3.98. The summed E-state index contributed by atoms with van der Waals surface area (Å²) < 4.78 is 0. The molecule has 0 radical (unpaired) electrons. The number of allylic oxidation sites excluding steroid dienone is 1. The number of aliphatic hydroxyl groups is 1. The molecule has 26 heavy (non-hydrogen) atoms. The number of carbonyl (C=O) groups is 2. The Morgan fingerprint density at radius 2 is 2.00 bits per heavy atom.